The number of aliphatic hydroxyl groups excluding tert-OH is 10. The van der Waals surface area contributed by atoms with Crippen LogP contribution in [0.4, 0.5) is 11.4 Å². The highest BCUT2D eigenvalue weighted by atomic mass is 32.2. The molecule has 4 aromatic rings. The SMILES string of the molecule is CC1(C)C(/C=C/C2=C(Oc3ccccc3)C(=C/C=C3/N(CCCCCC(=O)NCCCCC4NC(=O)[C@@H](Cc5ccccc5)NC(=O)[C@H](CC(=O)O)NC(=O)CNC(=O)[C@H](CCCNC(=N)N)NC4=O)c4ccc(C(=O)NCC(O)C(O)C(O)C(O)CO)cc4C3(C)C)/CCC2)=[N+](CCCCSOOO)c2ccc(C(=O)NCC(O)C(O)C(O)C(O)CO)cc21. The van der Waals surface area contributed by atoms with Crippen LogP contribution in [0.1, 0.15) is 161 Å². The molecule has 1 fully saturated rings. The summed E-state index contributed by atoms with van der Waals surface area (Å²) in [6, 6.07) is 22.6. The van der Waals surface area contributed by atoms with Crippen LogP contribution in [0.5, 0.6) is 5.75 Å². The van der Waals surface area contributed by atoms with E-state index in [4.69, 9.17) is 21.1 Å². The van der Waals surface area contributed by atoms with Crippen molar-refractivity contribution in [3.63, 3.8) is 0 Å². The second-order valence-corrected chi connectivity index (χ2v) is 33.0. The van der Waals surface area contributed by atoms with E-state index >= 15 is 0 Å². The molecule has 38 heteroatoms. The van der Waals surface area contributed by atoms with E-state index < -0.39 is 170 Å². The van der Waals surface area contributed by atoms with Crippen LogP contribution in [-0.4, -0.2) is 269 Å². The first kappa shape index (κ1) is 99.9. The Labute approximate surface area is 728 Å². The number of allylic oxidation sites excluding steroid dienone is 7. The first-order chi connectivity index (χ1) is 59.7. The minimum absolute atomic E-state index is 0.0217. The number of unbranched alkanes of at least 4 members (excludes halogenated alkanes) is 4. The molecular weight excluding hydrogens is 1640 g/mol. The van der Waals surface area contributed by atoms with Gasteiger partial charge >= 0.3 is 5.97 Å². The molecule has 12 atom stereocenters. The number of fused-ring (bicyclic) bond motifs is 2. The van der Waals surface area contributed by atoms with E-state index in [0.29, 0.717) is 93.7 Å². The molecule has 0 spiro atoms. The number of carbonyl (C=O) groups is 9. The summed E-state index contributed by atoms with van der Waals surface area (Å²) < 4.78 is 13.8. The number of carboxylic acid groups (broad SMARTS) is 1. The number of ether oxygens (including phenoxy) is 1. The van der Waals surface area contributed by atoms with E-state index in [0.717, 1.165) is 57.1 Å². The molecule has 3 aliphatic heterocycles. The molecule has 8 rings (SSSR count). The van der Waals surface area contributed by atoms with Crippen molar-refractivity contribution in [1.82, 2.24) is 47.9 Å². The van der Waals surface area contributed by atoms with Gasteiger partial charge in [-0.25, -0.2) is 5.26 Å². The van der Waals surface area contributed by atoms with Crippen molar-refractivity contribution in [2.75, 3.05) is 69.7 Å². The Hall–Kier alpha value is -10.6. The molecule has 0 radical (unpaired) electrons. The number of hydrogen-bond acceptors (Lipinski definition) is 26. The number of nitrogens with zero attached hydrogens (tertiary/aromatic N) is 2. The molecule has 8 amide bonds. The zero-order valence-electron chi connectivity index (χ0n) is 70.5. The third-order valence-corrected chi connectivity index (χ3v) is 22.9. The molecule has 4 aromatic carbocycles. The molecule has 24 N–H and O–H groups in total. The van der Waals surface area contributed by atoms with Crippen molar-refractivity contribution >= 4 is 88.3 Å². The van der Waals surface area contributed by atoms with Crippen molar-refractivity contribution in [3.8, 4) is 5.75 Å². The van der Waals surface area contributed by atoms with Crippen molar-refractivity contribution in [2.45, 2.75) is 214 Å². The summed E-state index contributed by atoms with van der Waals surface area (Å²) in [5.74, 6) is -5.93. The summed E-state index contributed by atoms with van der Waals surface area (Å²) >= 11 is 0.943. The van der Waals surface area contributed by atoms with Gasteiger partial charge in [0.25, 0.3) is 11.8 Å². The number of hydrogen-bond donors (Lipinski definition) is 23. The highest BCUT2D eigenvalue weighted by molar-refractivity contribution is 7.94. The second kappa shape index (κ2) is 48.8. The number of nitrogens with one attached hydrogen (secondary N) is 10. The van der Waals surface area contributed by atoms with E-state index in [1.165, 1.54) is 0 Å². The van der Waals surface area contributed by atoms with Crippen LogP contribution in [-0.2, 0) is 60.2 Å². The molecule has 37 nitrogen and oxygen atoms in total. The average molecular weight is 1760 g/mol. The molecular formula is C87H120N13O24S+. The van der Waals surface area contributed by atoms with Crippen molar-refractivity contribution in [1.29, 1.82) is 5.41 Å². The van der Waals surface area contributed by atoms with Gasteiger partial charge in [0.2, 0.25) is 41.1 Å². The van der Waals surface area contributed by atoms with Crippen LogP contribution >= 0.6 is 12.0 Å². The highest BCUT2D eigenvalue weighted by Gasteiger charge is 2.46. The van der Waals surface area contributed by atoms with Crippen LogP contribution < -0.4 is 63.2 Å². The third-order valence-electron chi connectivity index (χ3n) is 22.3. The fraction of sp³-hybridized carbons (Fsp3) is 0.506. The van der Waals surface area contributed by atoms with E-state index in [1.807, 2.05) is 88.4 Å². The molecule has 125 heavy (non-hydrogen) atoms. The van der Waals surface area contributed by atoms with Crippen LogP contribution in [0, 0.1) is 5.41 Å². The van der Waals surface area contributed by atoms with Crippen LogP contribution in [0.3, 0.4) is 0 Å². The van der Waals surface area contributed by atoms with E-state index in [1.54, 1.807) is 54.6 Å². The molecule has 4 aliphatic rings. The van der Waals surface area contributed by atoms with Gasteiger partial charge < -0.3 is 119 Å². The Kier molecular flexibility index (Phi) is 39.0. The first-order valence-corrected chi connectivity index (χ1v) is 42.8. The minimum atomic E-state index is -1.92. The third kappa shape index (κ3) is 28.7. The molecule has 3 heterocycles. The van der Waals surface area contributed by atoms with Gasteiger partial charge in [-0.2, -0.15) is 4.58 Å². The Morgan fingerprint density at radius 2 is 1.21 bits per heavy atom. The molecule has 9 unspecified atom stereocenters. The zero-order valence-corrected chi connectivity index (χ0v) is 71.3. The van der Waals surface area contributed by atoms with Crippen LogP contribution in [0.25, 0.3) is 0 Å². The number of carboxylic acids is 1. The largest absolute Gasteiger partial charge is 0.481 e. The number of anilines is 1. The molecule has 0 aromatic heterocycles. The highest BCUT2D eigenvalue weighted by Crippen LogP contribution is 2.49. The lowest BCUT2D eigenvalue weighted by Gasteiger charge is -2.27. The summed E-state index contributed by atoms with van der Waals surface area (Å²) in [7, 11) is 0. The summed E-state index contributed by atoms with van der Waals surface area (Å²) in [5.41, 5.74) is 11.6. The molecule has 1 saturated heterocycles. The molecule has 1 aliphatic carbocycles. The number of carbonyl (C=O) groups excluding carboxylic acids is 8. The van der Waals surface area contributed by atoms with E-state index in [-0.39, 0.29) is 74.6 Å². The van der Waals surface area contributed by atoms with Gasteiger partial charge in [-0.3, -0.25) is 48.6 Å². The number of aliphatic hydroxyl groups is 10. The summed E-state index contributed by atoms with van der Waals surface area (Å²) in [6.45, 7) is 5.87. The average Bonchev–Trinajstić information content (AvgIpc) is 1.59. The Bertz CT molecular complexity index is 4530. The fourth-order valence-corrected chi connectivity index (χ4v) is 15.7. The lowest BCUT2D eigenvalue weighted by atomic mass is 9.80. The maximum atomic E-state index is 14.4. The van der Waals surface area contributed by atoms with Gasteiger partial charge in [0.1, 0.15) is 78.8 Å². The standard InChI is InChI=1S/C87H119N13O24S/c1-86(2)57-43-54(79(115)92-46-65(103)74(111)76(113)67(105)49-101)29-33-63(57)99(39-15-7-12-28-71(107)90-37-14-13-26-60-82(118)96-59(27-19-38-91-85(88)89)81(117)94-48-72(108)95-62(45-73(109)110)84(120)98-61(83(119)97-60)42-51-20-8-5-9-21-51)69(86)35-31-52-22-18-23-53(78(52)122-56-24-10-6-11-25-56)32-36-70-87(3,4)58-44-55(30-34-64(58)100(70)40-16-17-41-125-124-123-121)80(116)93-47-66(104)75(112)77(114)68(106)50-102/h5-6,8-11,20-21,24-25,29-36,43-44,59-62,65-68,74-77,101-106,111-114H,7,12-19,22-23,26-28,37-42,45-50H2,1-4H3,(H13-,88,89,90,91,92,93,94,95,96,97,98,107,108,109,110,115,116,117,118,119,120,121)/p+1/t59-,60?,61+,62-,65?,66?,67?,68?,74?,75?,76?,77?/m0/s1. The Balaban J connectivity index is 1.03. The second-order valence-electron chi connectivity index (χ2n) is 32.2. The van der Waals surface area contributed by atoms with Gasteiger partial charge in [-0.05, 0) is 161 Å². The topological polar surface area (TPSA) is 588 Å². The zero-order chi connectivity index (χ0) is 91.1. The van der Waals surface area contributed by atoms with Gasteiger partial charge in [0.05, 0.1) is 43.8 Å². The van der Waals surface area contributed by atoms with Crippen molar-refractivity contribution in [2.24, 2.45) is 5.73 Å². The van der Waals surface area contributed by atoms with Crippen molar-refractivity contribution < 1.29 is 123 Å². The van der Waals surface area contributed by atoms with E-state index in [2.05, 4.69) is 72.8 Å². The molecule has 0 saturated carbocycles. The summed E-state index contributed by atoms with van der Waals surface area (Å²) in [6.07, 6.45) is -1.65. The number of para-hydroxylation sites is 1. The lowest BCUT2D eigenvalue weighted by molar-refractivity contribution is -0.438. The Morgan fingerprint density at radius 1 is 0.624 bits per heavy atom. The van der Waals surface area contributed by atoms with Gasteiger partial charge in [0.15, 0.2) is 11.7 Å². The van der Waals surface area contributed by atoms with Gasteiger partial charge in [-0.1, -0.05) is 79.9 Å². The van der Waals surface area contributed by atoms with E-state index in [9.17, 15) is 99.3 Å². The fourth-order valence-electron chi connectivity index (χ4n) is 15.3. The number of benzene rings is 4. The molecule has 0 bridgehead atoms. The maximum Gasteiger partial charge on any atom is 0.305 e. The van der Waals surface area contributed by atoms with Crippen LogP contribution in [0.2, 0.25) is 0 Å². The first-order valence-electron chi connectivity index (χ1n) is 41.9. The van der Waals surface area contributed by atoms with Crippen molar-refractivity contribution in [3.05, 3.63) is 172 Å². The Morgan fingerprint density at radius 3 is 1.84 bits per heavy atom. The predicted octanol–water partition coefficient (Wildman–Crippen LogP) is 0.822. The monoisotopic (exact) mass is 1760 g/mol. The number of guanidine groups is 1. The quantitative estimate of drug-likeness (QED) is 0.00554. The number of aliphatic carboxylic acids is 1. The smallest absolute Gasteiger partial charge is 0.305 e. The number of nitrogens with two attached hydrogens (primary N) is 1. The lowest BCUT2D eigenvalue weighted by Crippen LogP contribution is -2.58. The van der Waals surface area contributed by atoms with Gasteiger partial charge in [-0.15, -0.1) is 4.33 Å². The number of rotatable bonds is 45. The normalized spacial score (nSPS) is 20.6. The minimum Gasteiger partial charge on any atom is -0.481 e. The van der Waals surface area contributed by atoms with Gasteiger partial charge in [0, 0.05) is 115 Å². The summed E-state index contributed by atoms with van der Waals surface area (Å²) in [5, 5.41) is 155. The predicted molar refractivity (Wildman–Crippen MR) is 460 cm³/mol. The molecule has 682 valence electrons. The number of amides is 8. The maximum absolute atomic E-state index is 14.4. The summed E-state index contributed by atoms with van der Waals surface area (Å²) in [4.78, 5) is 125. The van der Waals surface area contributed by atoms with Crippen LogP contribution in [0.15, 0.2) is 144 Å².